The number of amides is 1. The Labute approximate surface area is 120 Å². The number of aromatic nitrogens is 1. The third-order valence-corrected chi connectivity index (χ3v) is 3.16. The summed E-state index contributed by atoms with van der Waals surface area (Å²) in [5.74, 6) is 0.201. The smallest absolute Gasteiger partial charge is 0.365 e. The van der Waals surface area contributed by atoms with Gasteiger partial charge in [-0.1, -0.05) is 0 Å². The quantitative estimate of drug-likeness (QED) is 0.831. The van der Waals surface area contributed by atoms with Gasteiger partial charge in [0, 0.05) is 26.8 Å². The summed E-state index contributed by atoms with van der Waals surface area (Å²) in [6.07, 6.45) is -4.83. The number of pyridine rings is 1. The first-order valence-corrected chi connectivity index (χ1v) is 6.40. The molecule has 1 saturated heterocycles. The molecule has 1 aliphatic heterocycles. The molecule has 8 heteroatoms. The Morgan fingerprint density at radius 3 is 2.67 bits per heavy atom. The normalized spacial score (nSPS) is 19.5. The predicted molar refractivity (Wildman–Crippen MR) is 70.3 cm³/mol. The van der Waals surface area contributed by atoms with Gasteiger partial charge in [0.2, 0.25) is 0 Å². The summed E-state index contributed by atoms with van der Waals surface area (Å²) in [5, 5.41) is 0. The van der Waals surface area contributed by atoms with Crippen molar-refractivity contribution >= 4 is 11.7 Å². The Morgan fingerprint density at radius 1 is 1.43 bits per heavy atom. The highest BCUT2D eigenvalue weighted by Crippen LogP contribution is 2.27. The fraction of sp³-hybridized carbons (Fsp3) is 0.538. The van der Waals surface area contributed by atoms with E-state index >= 15 is 0 Å². The average Bonchev–Trinajstić information content (AvgIpc) is 2.46. The number of morpholine rings is 1. The molecule has 0 bridgehead atoms. The van der Waals surface area contributed by atoms with Crippen LogP contribution in [0.4, 0.5) is 19.0 Å². The maximum Gasteiger partial charge on any atom is 0.416 e. The van der Waals surface area contributed by atoms with Gasteiger partial charge >= 0.3 is 6.18 Å². The van der Waals surface area contributed by atoms with E-state index in [1.807, 2.05) is 0 Å². The number of alkyl halides is 3. The zero-order valence-electron chi connectivity index (χ0n) is 11.7. The Kier molecular flexibility index (Phi) is 4.36. The van der Waals surface area contributed by atoms with Crippen LogP contribution in [0.5, 0.6) is 0 Å². The number of carbonyl (C=O) groups excluding carboxylic acids is 1. The molecular formula is C13H16F3N3O2. The number of anilines is 1. The number of hydrogen-bond donors (Lipinski definition) is 0. The van der Waals surface area contributed by atoms with Crippen LogP contribution in [0.15, 0.2) is 18.3 Å². The molecule has 0 N–H and O–H groups in total. The zero-order chi connectivity index (χ0) is 15.6. The third kappa shape index (κ3) is 3.63. The van der Waals surface area contributed by atoms with Crippen molar-refractivity contribution in [1.29, 1.82) is 0 Å². The first kappa shape index (κ1) is 15.6. The Bertz CT molecular complexity index is 502. The van der Waals surface area contributed by atoms with Crippen LogP contribution in [-0.2, 0) is 4.74 Å². The molecule has 0 spiro atoms. The number of carbonyl (C=O) groups is 1. The maximum atomic E-state index is 12.7. The minimum absolute atomic E-state index is 0.00969. The van der Waals surface area contributed by atoms with Crippen molar-refractivity contribution in [3.63, 3.8) is 0 Å². The van der Waals surface area contributed by atoms with E-state index in [0.717, 1.165) is 0 Å². The number of hydrogen-bond acceptors (Lipinski definition) is 4. The van der Waals surface area contributed by atoms with E-state index in [1.54, 1.807) is 26.2 Å². The van der Waals surface area contributed by atoms with Gasteiger partial charge in [0.1, 0.15) is 5.82 Å². The summed E-state index contributed by atoms with van der Waals surface area (Å²) >= 11 is 0. The van der Waals surface area contributed by atoms with E-state index in [2.05, 4.69) is 4.98 Å². The summed E-state index contributed by atoms with van der Waals surface area (Å²) < 4.78 is 42.7. The van der Waals surface area contributed by atoms with Crippen molar-refractivity contribution in [2.75, 3.05) is 38.7 Å². The number of halogens is 3. The fourth-order valence-electron chi connectivity index (χ4n) is 2.01. The van der Waals surface area contributed by atoms with E-state index < -0.39 is 12.3 Å². The topological polar surface area (TPSA) is 45.7 Å². The van der Waals surface area contributed by atoms with Crippen molar-refractivity contribution in [2.24, 2.45) is 0 Å². The molecule has 0 radical (unpaired) electrons. The van der Waals surface area contributed by atoms with Gasteiger partial charge in [-0.3, -0.25) is 4.79 Å². The van der Waals surface area contributed by atoms with Crippen molar-refractivity contribution < 1.29 is 22.7 Å². The second kappa shape index (κ2) is 5.88. The average molecular weight is 303 g/mol. The first-order chi connectivity index (χ1) is 9.79. The molecule has 5 nitrogen and oxygen atoms in total. The van der Waals surface area contributed by atoms with Crippen LogP contribution in [0.1, 0.15) is 10.4 Å². The van der Waals surface area contributed by atoms with E-state index in [0.29, 0.717) is 17.9 Å². The van der Waals surface area contributed by atoms with Gasteiger partial charge in [0.15, 0.2) is 6.10 Å². The van der Waals surface area contributed by atoms with Crippen molar-refractivity contribution in [3.05, 3.63) is 23.9 Å². The summed E-state index contributed by atoms with van der Waals surface area (Å²) in [6.45, 7) is 0.0300. The summed E-state index contributed by atoms with van der Waals surface area (Å²) in [5.41, 5.74) is 0.393. The molecule has 1 aromatic heterocycles. The Balaban J connectivity index is 2.10. The van der Waals surface area contributed by atoms with Crippen molar-refractivity contribution in [1.82, 2.24) is 9.88 Å². The maximum absolute atomic E-state index is 12.7. The molecule has 1 amide bonds. The SMILES string of the molecule is CN(C)C(=O)c1ccc(N2CCO[C@H](C(F)(F)F)C2)nc1. The lowest BCUT2D eigenvalue weighted by molar-refractivity contribution is -0.221. The van der Waals surface area contributed by atoms with Gasteiger partial charge in [-0.25, -0.2) is 4.98 Å². The molecule has 116 valence electrons. The Hall–Kier alpha value is -1.83. The first-order valence-electron chi connectivity index (χ1n) is 6.40. The second-order valence-electron chi connectivity index (χ2n) is 4.95. The standard InChI is InChI=1S/C13H16F3N3O2/c1-18(2)12(20)9-3-4-11(17-7-9)19-5-6-21-10(8-19)13(14,15)16/h3-4,7,10H,5-6,8H2,1-2H3/t10-/m0/s1. The molecule has 0 aromatic carbocycles. The Morgan fingerprint density at radius 2 is 2.14 bits per heavy atom. The second-order valence-corrected chi connectivity index (χ2v) is 4.95. The molecule has 1 aromatic rings. The predicted octanol–water partition coefficient (Wildman–Crippen LogP) is 1.55. The van der Waals surface area contributed by atoms with Gasteiger partial charge in [-0.2, -0.15) is 13.2 Å². The van der Waals surface area contributed by atoms with Gasteiger partial charge in [-0.15, -0.1) is 0 Å². The summed E-state index contributed by atoms with van der Waals surface area (Å²) in [4.78, 5) is 18.7. The van der Waals surface area contributed by atoms with Crippen LogP contribution in [0.25, 0.3) is 0 Å². The zero-order valence-corrected chi connectivity index (χ0v) is 11.7. The van der Waals surface area contributed by atoms with E-state index in [9.17, 15) is 18.0 Å². The van der Waals surface area contributed by atoms with E-state index in [-0.39, 0.29) is 19.1 Å². The molecule has 1 aliphatic rings. The highest BCUT2D eigenvalue weighted by atomic mass is 19.4. The summed E-state index contributed by atoms with van der Waals surface area (Å²) in [6, 6.07) is 3.11. The highest BCUT2D eigenvalue weighted by molar-refractivity contribution is 5.93. The molecule has 1 atom stereocenters. The lowest BCUT2D eigenvalue weighted by Gasteiger charge is -2.34. The van der Waals surface area contributed by atoms with Gasteiger partial charge in [0.05, 0.1) is 18.7 Å². The van der Waals surface area contributed by atoms with Crippen molar-refractivity contribution in [2.45, 2.75) is 12.3 Å². The monoisotopic (exact) mass is 303 g/mol. The molecular weight excluding hydrogens is 287 g/mol. The summed E-state index contributed by atoms with van der Waals surface area (Å²) in [7, 11) is 3.23. The highest BCUT2D eigenvalue weighted by Gasteiger charge is 2.43. The molecule has 2 heterocycles. The van der Waals surface area contributed by atoms with Crippen LogP contribution in [0.2, 0.25) is 0 Å². The van der Waals surface area contributed by atoms with Gasteiger partial charge < -0.3 is 14.5 Å². The number of nitrogens with zero attached hydrogens (tertiary/aromatic N) is 3. The minimum atomic E-state index is -4.39. The fourth-order valence-corrected chi connectivity index (χ4v) is 2.01. The molecule has 1 fully saturated rings. The van der Waals surface area contributed by atoms with Gasteiger partial charge in [0.25, 0.3) is 5.91 Å². The van der Waals surface area contributed by atoms with Crippen molar-refractivity contribution in [3.8, 4) is 0 Å². The largest absolute Gasteiger partial charge is 0.416 e. The van der Waals surface area contributed by atoms with Gasteiger partial charge in [-0.05, 0) is 12.1 Å². The lowest BCUT2D eigenvalue weighted by atomic mass is 10.2. The number of rotatable bonds is 2. The van der Waals surface area contributed by atoms with E-state index in [4.69, 9.17) is 4.74 Å². The molecule has 0 aliphatic carbocycles. The lowest BCUT2D eigenvalue weighted by Crippen LogP contribution is -2.49. The minimum Gasteiger partial charge on any atom is -0.365 e. The molecule has 21 heavy (non-hydrogen) atoms. The van der Waals surface area contributed by atoms with Crippen LogP contribution in [0.3, 0.4) is 0 Å². The van der Waals surface area contributed by atoms with Crippen LogP contribution < -0.4 is 4.90 Å². The molecule has 2 rings (SSSR count). The van der Waals surface area contributed by atoms with Crippen LogP contribution in [0, 0.1) is 0 Å². The third-order valence-electron chi connectivity index (χ3n) is 3.16. The van der Waals surface area contributed by atoms with Crippen LogP contribution in [-0.4, -0.2) is 61.9 Å². The molecule has 0 saturated carbocycles. The number of ether oxygens (including phenoxy) is 1. The van der Waals surface area contributed by atoms with E-state index in [1.165, 1.54) is 16.0 Å². The van der Waals surface area contributed by atoms with Crippen LogP contribution >= 0.6 is 0 Å². The molecule has 0 unspecified atom stereocenters.